The molecule has 7 heteroatoms. The molecule has 0 N–H and O–H groups in total. The van der Waals surface area contributed by atoms with Crippen molar-refractivity contribution in [3.05, 3.63) is 55.1 Å². The third-order valence-electron chi connectivity index (χ3n) is 4.49. The zero-order chi connectivity index (χ0) is 18.9. The Morgan fingerprint density at radius 3 is 2.82 bits per heavy atom. The summed E-state index contributed by atoms with van der Waals surface area (Å²) in [4.78, 5) is 9.59. The molecular weight excluding hydrogens is 372 g/mol. The highest BCUT2D eigenvalue weighted by Crippen LogP contribution is 2.34. The quantitative estimate of drug-likeness (QED) is 0.293. The molecule has 0 unspecified atom stereocenters. The first-order chi connectivity index (χ1) is 13.8. The molecule has 0 aliphatic carbocycles. The molecule has 1 aliphatic rings. The van der Waals surface area contributed by atoms with Crippen molar-refractivity contribution in [3.63, 3.8) is 0 Å². The Kier molecular flexibility index (Phi) is 4.37. The van der Waals surface area contributed by atoms with Gasteiger partial charge in [-0.3, -0.25) is 0 Å². The van der Waals surface area contributed by atoms with Crippen molar-refractivity contribution in [2.45, 2.75) is 11.6 Å². The Balaban J connectivity index is 1.67. The number of nitrogens with zero attached hydrogens (tertiary/aromatic N) is 4. The molecule has 6 nitrogen and oxygen atoms in total. The van der Waals surface area contributed by atoms with Gasteiger partial charge >= 0.3 is 0 Å². The number of aromatic nitrogens is 4. The Labute approximate surface area is 166 Å². The van der Waals surface area contributed by atoms with Crippen molar-refractivity contribution in [1.29, 1.82) is 0 Å². The van der Waals surface area contributed by atoms with Crippen molar-refractivity contribution >= 4 is 28.3 Å². The zero-order valence-corrected chi connectivity index (χ0v) is 16.0. The van der Waals surface area contributed by atoms with Crippen LogP contribution in [0, 0.1) is 0 Å². The van der Waals surface area contributed by atoms with E-state index in [1.807, 2.05) is 53.1 Å². The monoisotopic (exact) mass is 390 g/mol. The highest BCUT2D eigenvalue weighted by molar-refractivity contribution is 7.99. The Hall–Kier alpha value is -3.06. The van der Waals surface area contributed by atoms with Crippen molar-refractivity contribution in [2.24, 2.45) is 0 Å². The van der Waals surface area contributed by atoms with Crippen LogP contribution in [0.5, 0.6) is 11.5 Å². The molecule has 2 aromatic heterocycles. The maximum atomic E-state index is 5.82. The summed E-state index contributed by atoms with van der Waals surface area (Å²) >= 11 is 1.59. The summed E-state index contributed by atoms with van der Waals surface area (Å²) in [5.74, 6) is 2.88. The SMILES string of the molecule is C=CCSc1nc2ccccc2c2nc(-c3ccc4c(c3)OCCCO4)nn12. The van der Waals surface area contributed by atoms with E-state index in [-0.39, 0.29) is 0 Å². The fourth-order valence-electron chi connectivity index (χ4n) is 3.18. The number of hydrogen-bond donors (Lipinski definition) is 0. The second-order valence-electron chi connectivity index (χ2n) is 6.39. The maximum Gasteiger partial charge on any atom is 0.191 e. The summed E-state index contributed by atoms with van der Waals surface area (Å²) in [6.07, 6.45) is 2.73. The standard InChI is InChI=1S/C21H18N4O2S/c1-2-12-28-21-22-16-7-4-3-6-15(16)20-23-19(24-25(20)21)14-8-9-17-18(13-14)27-11-5-10-26-17/h2-4,6-9,13H,1,5,10-12H2. The van der Waals surface area contributed by atoms with Gasteiger partial charge in [-0.15, -0.1) is 11.7 Å². The van der Waals surface area contributed by atoms with Crippen LogP contribution in [0.2, 0.25) is 0 Å². The van der Waals surface area contributed by atoms with Crippen molar-refractivity contribution in [3.8, 4) is 22.9 Å². The lowest BCUT2D eigenvalue weighted by molar-refractivity contribution is 0.297. The molecule has 0 spiro atoms. The first kappa shape index (κ1) is 17.1. The second kappa shape index (κ2) is 7.16. The van der Waals surface area contributed by atoms with Gasteiger partial charge in [-0.2, -0.15) is 4.52 Å². The number of benzene rings is 2. The van der Waals surface area contributed by atoms with Gasteiger partial charge in [0.1, 0.15) is 0 Å². The molecule has 140 valence electrons. The predicted molar refractivity (Wildman–Crippen MR) is 110 cm³/mol. The summed E-state index contributed by atoms with van der Waals surface area (Å²) in [6.45, 7) is 5.11. The molecule has 0 saturated carbocycles. The van der Waals surface area contributed by atoms with Crippen LogP contribution in [-0.4, -0.2) is 38.5 Å². The highest BCUT2D eigenvalue weighted by Gasteiger charge is 2.17. The van der Waals surface area contributed by atoms with E-state index in [1.165, 1.54) is 0 Å². The number of hydrogen-bond acceptors (Lipinski definition) is 6. The minimum atomic E-state index is 0.634. The number of rotatable bonds is 4. The maximum absolute atomic E-state index is 5.82. The number of ether oxygens (including phenoxy) is 2. The average molecular weight is 390 g/mol. The van der Waals surface area contributed by atoms with E-state index in [1.54, 1.807) is 11.8 Å². The fourth-order valence-corrected chi connectivity index (χ4v) is 3.86. The van der Waals surface area contributed by atoms with E-state index in [9.17, 15) is 0 Å². The Morgan fingerprint density at radius 2 is 1.93 bits per heavy atom. The summed E-state index contributed by atoms with van der Waals surface area (Å²) in [5, 5.41) is 6.51. The molecule has 1 aliphatic heterocycles. The second-order valence-corrected chi connectivity index (χ2v) is 7.38. The number of para-hydroxylation sites is 1. The minimum absolute atomic E-state index is 0.634. The van der Waals surface area contributed by atoms with Crippen LogP contribution in [0.4, 0.5) is 0 Å². The molecule has 4 aromatic rings. The van der Waals surface area contributed by atoms with E-state index in [2.05, 4.69) is 6.58 Å². The van der Waals surface area contributed by atoms with E-state index in [0.717, 1.165) is 50.9 Å². The van der Waals surface area contributed by atoms with E-state index in [4.69, 9.17) is 24.5 Å². The van der Waals surface area contributed by atoms with Gasteiger partial charge in [-0.05, 0) is 30.3 Å². The summed E-state index contributed by atoms with van der Waals surface area (Å²) < 4.78 is 13.4. The van der Waals surface area contributed by atoms with Crippen LogP contribution in [0.1, 0.15) is 6.42 Å². The van der Waals surface area contributed by atoms with Gasteiger partial charge in [0.25, 0.3) is 0 Å². The van der Waals surface area contributed by atoms with Gasteiger partial charge in [0.2, 0.25) is 0 Å². The topological polar surface area (TPSA) is 61.5 Å². The van der Waals surface area contributed by atoms with Gasteiger partial charge < -0.3 is 9.47 Å². The van der Waals surface area contributed by atoms with Crippen LogP contribution in [0.3, 0.4) is 0 Å². The highest BCUT2D eigenvalue weighted by atomic mass is 32.2. The minimum Gasteiger partial charge on any atom is -0.490 e. The molecule has 0 fully saturated rings. The smallest absolute Gasteiger partial charge is 0.191 e. The Bertz CT molecular complexity index is 1190. The third kappa shape index (κ3) is 2.97. The molecular formula is C21H18N4O2S. The number of thioether (sulfide) groups is 1. The number of fused-ring (bicyclic) bond motifs is 4. The van der Waals surface area contributed by atoms with Crippen molar-refractivity contribution in [2.75, 3.05) is 19.0 Å². The van der Waals surface area contributed by atoms with Crippen LogP contribution in [-0.2, 0) is 0 Å². The molecule has 28 heavy (non-hydrogen) atoms. The van der Waals surface area contributed by atoms with Gasteiger partial charge in [0, 0.05) is 23.1 Å². The lowest BCUT2D eigenvalue weighted by Gasteiger charge is -2.07. The molecule has 0 radical (unpaired) electrons. The molecule has 2 aromatic carbocycles. The van der Waals surface area contributed by atoms with Gasteiger partial charge in [0.05, 0.1) is 18.7 Å². The summed E-state index contributed by atoms with van der Waals surface area (Å²) in [7, 11) is 0. The molecule has 3 heterocycles. The third-order valence-corrected chi connectivity index (χ3v) is 5.41. The molecule has 0 saturated heterocycles. The van der Waals surface area contributed by atoms with Crippen LogP contribution < -0.4 is 9.47 Å². The van der Waals surface area contributed by atoms with Gasteiger partial charge in [0.15, 0.2) is 28.1 Å². The van der Waals surface area contributed by atoms with Gasteiger partial charge in [-0.25, -0.2) is 9.97 Å². The predicted octanol–water partition coefficient (Wildman–Crippen LogP) is 4.38. The first-order valence-corrected chi connectivity index (χ1v) is 10.1. The molecule has 0 amide bonds. The lowest BCUT2D eigenvalue weighted by Crippen LogP contribution is -1.98. The van der Waals surface area contributed by atoms with Crippen molar-refractivity contribution in [1.82, 2.24) is 19.6 Å². The van der Waals surface area contributed by atoms with E-state index >= 15 is 0 Å². The first-order valence-electron chi connectivity index (χ1n) is 9.13. The largest absolute Gasteiger partial charge is 0.490 e. The van der Waals surface area contributed by atoms with E-state index in [0.29, 0.717) is 19.0 Å². The van der Waals surface area contributed by atoms with Crippen LogP contribution in [0.15, 0.2) is 60.3 Å². The molecule has 0 bridgehead atoms. The average Bonchev–Trinajstić information content (AvgIpc) is 3.05. The molecule has 0 atom stereocenters. The normalized spacial score (nSPS) is 13.6. The molecule has 5 rings (SSSR count). The van der Waals surface area contributed by atoms with Crippen LogP contribution in [0.25, 0.3) is 27.9 Å². The van der Waals surface area contributed by atoms with E-state index < -0.39 is 0 Å². The Morgan fingerprint density at radius 1 is 1.07 bits per heavy atom. The van der Waals surface area contributed by atoms with Crippen LogP contribution >= 0.6 is 11.8 Å². The van der Waals surface area contributed by atoms with Crippen molar-refractivity contribution < 1.29 is 9.47 Å². The lowest BCUT2D eigenvalue weighted by atomic mass is 10.2. The van der Waals surface area contributed by atoms with Gasteiger partial charge in [-0.1, -0.05) is 30.0 Å². The summed E-state index contributed by atoms with van der Waals surface area (Å²) in [5.41, 5.74) is 2.58. The summed E-state index contributed by atoms with van der Waals surface area (Å²) in [6, 6.07) is 13.8. The fraction of sp³-hybridized carbons (Fsp3) is 0.190. The zero-order valence-electron chi connectivity index (χ0n) is 15.2.